The van der Waals surface area contributed by atoms with E-state index in [-0.39, 0.29) is 17.6 Å². The highest BCUT2D eigenvalue weighted by Gasteiger charge is 2.13. The van der Waals surface area contributed by atoms with Crippen LogP contribution in [0.15, 0.2) is 18.2 Å². The largest absolute Gasteiger partial charge is 0.508 e. The van der Waals surface area contributed by atoms with Crippen molar-refractivity contribution >= 4 is 0 Å². The van der Waals surface area contributed by atoms with Gasteiger partial charge in [0.15, 0.2) is 0 Å². The first-order valence-electron chi connectivity index (χ1n) is 7.14. The Kier molecular flexibility index (Phi) is 6.29. The Morgan fingerprint density at radius 1 is 1.16 bits per heavy atom. The molecule has 0 heterocycles. The van der Waals surface area contributed by atoms with E-state index in [9.17, 15) is 9.50 Å². The summed E-state index contributed by atoms with van der Waals surface area (Å²) in [4.78, 5) is 0. The Labute approximate surface area is 116 Å². The van der Waals surface area contributed by atoms with Crippen molar-refractivity contribution in [3.05, 3.63) is 29.6 Å². The summed E-state index contributed by atoms with van der Waals surface area (Å²) < 4.78 is 13.2. The number of aromatic hydroxyl groups is 1. The Balaban J connectivity index is 2.49. The van der Waals surface area contributed by atoms with Gasteiger partial charge >= 0.3 is 0 Å². The van der Waals surface area contributed by atoms with E-state index >= 15 is 0 Å². The van der Waals surface area contributed by atoms with Crippen LogP contribution in [0.4, 0.5) is 4.39 Å². The summed E-state index contributed by atoms with van der Waals surface area (Å²) >= 11 is 0. The van der Waals surface area contributed by atoms with E-state index in [1.54, 1.807) is 0 Å². The van der Waals surface area contributed by atoms with Gasteiger partial charge in [0.05, 0.1) is 0 Å². The van der Waals surface area contributed by atoms with Crippen LogP contribution in [0.2, 0.25) is 0 Å². The molecule has 0 saturated carbocycles. The molecule has 0 bridgehead atoms. The molecule has 19 heavy (non-hydrogen) atoms. The van der Waals surface area contributed by atoms with Crippen LogP contribution in [-0.4, -0.2) is 11.1 Å². The lowest BCUT2D eigenvalue weighted by Gasteiger charge is -2.21. The number of hydrogen-bond acceptors (Lipinski definition) is 2. The van der Waals surface area contributed by atoms with Crippen molar-refractivity contribution in [3.8, 4) is 5.75 Å². The number of phenols is 1. The molecular weight excluding hydrogens is 241 g/mol. The first kappa shape index (κ1) is 16.0. The van der Waals surface area contributed by atoms with Crippen molar-refractivity contribution in [2.75, 3.05) is 0 Å². The van der Waals surface area contributed by atoms with E-state index in [2.05, 4.69) is 26.1 Å². The molecule has 1 aromatic carbocycles. The van der Waals surface area contributed by atoms with Gasteiger partial charge < -0.3 is 10.4 Å². The van der Waals surface area contributed by atoms with Crippen molar-refractivity contribution in [1.82, 2.24) is 5.32 Å². The molecule has 0 radical (unpaired) electrons. The van der Waals surface area contributed by atoms with Gasteiger partial charge in [-0.3, -0.25) is 0 Å². The Morgan fingerprint density at radius 2 is 1.84 bits per heavy atom. The zero-order valence-corrected chi connectivity index (χ0v) is 12.4. The molecule has 108 valence electrons. The highest BCUT2D eigenvalue weighted by molar-refractivity contribution is 5.34. The third-order valence-electron chi connectivity index (χ3n) is 3.41. The number of hydrogen-bond donors (Lipinski definition) is 2. The van der Waals surface area contributed by atoms with Crippen LogP contribution in [0, 0.1) is 11.7 Å². The van der Waals surface area contributed by atoms with Gasteiger partial charge in [0.2, 0.25) is 0 Å². The average molecular weight is 267 g/mol. The Hall–Kier alpha value is -1.09. The zero-order valence-electron chi connectivity index (χ0n) is 12.4. The highest BCUT2D eigenvalue weighted by atomic mass is 19.1. The monoisotopic (exact) mass is 267 g/mol. The molecule has 2 N–H and O–H groups in total. The summed E-state index contributed by atoms with van der Waals surface area (Å²) in [6.45, 7) is 8.54. The summed E-state index contributed by atoms with van der Waals surface area (Å²) in [5, 5.41) is 13.2. The fraction of sp³-hybridized carbons (Fsp3) is 0.625. The predicted octanol–water partition coefficient (Wildman–Crippen LogP) is 4.40. The molecule has 1 aromatic rings. The summed E-state index contributed by atoms with van der Waals surface area (Å²) in [7, 11) is 0. The molecule has 0 aliphatic heterocycles. The fourth-order valence-corrected chi connectivity index (χ4v) is 2.30. The first-order chi connectivity index (χ1) is 8.90. The quantitative estimate of drug-likeness (QED) is 0.767. The van der Waals surface area contributed by atoms with E-state index in [1.165, 1.54) is 31.0 Å². The van der Waals surface area contributed by atoms with Gasteiger partial charge in [0.1, 0.15) is 11.6 Å². The van der Waals surface area contributed by atoms with E-state index in [0.29, 0.717) is 11.6 Å². The number of rotatable bonds is 7. The molecule has 0 fully saturated rings. The minimum atomic E-state index is -0.311. The van der Waals surface area contributed by atoms with Gasteiger partial charge in [-0.25, -0.2) is 4.39 Å². The average Bonchev–Trinajstić information content (AvgIpc) is 2.31. The normalized spacial score (nSPS) is 14.6. The molecule has 0 saturated heterocycles. The third kappa shape index (κ3) is 5.60. The second kappa shape index (κ2) is 7.49. The summed E-state index contributed by atoms with van der Waals surface area (Å²) in [6.07, 6.45) is 3.51. The molecule has 0 aliphatic carbocycles. The number of nitrogens with one attached hydrogen (secondary N) is 1. The SMILES string of the molecule is CC(C)CCCC(C)NC(C)c1cc(F)ccc1O. The molecule has 2 nitrogen and oxygen atoms in total. The van der Waals surface area contributed by atoms with Crippen LogP contribution < -0.4 is 5.32 Å². The number of benzene rings is 1. The smallest absolute Gasteiger partial charge is 0.123 e. The van der Waals surface area contributed by atoms with Crippen LogP contribution in [0.5, 0.6) is 5.75 Å². The molecule has 3 heteroatoms. The third-order valence-corrected chi connectivity index (χ3v) is 3.41. The maximum absolute atomic E-state index is 13.2. The maximum Gasteiger partial charge on any atom is 0.123 e. The van der Waals surface area contributed by atoms with Gasteiger partial charge in [-0.1, -0.05) is 26.7 Å². The van der Waals surface area contributed by atoms with Gasteiger partial charge in [-0.15, -0.1) is 0 Å². The van der Waals surface area contributed by atoms with E-state index in [4.69, 9.17) is 0 Å². The first-order valence-corrected chi connectivity index (χ1v) is 7.14. The topological polar surface area (TPSA) is 32.3 Å². The van der Waals surface area contributed by atoms with Gasteiger partial charge in [0, 0.05) is 17.6 Å². The molecule has 1 rings (SSSR count). The highest BCUT2D eigenvalue weighted by Crippen LogP contribution is 2.25. The minimum Gasteiger partial charge on any atom is -0.508 e. The van der Waals surface area contributed by atoms with Crippen LogP contribution >= 0.6 is 0 Å². The standard InChI is InChI=1S/C16H26FNO/c1-11(2)6-5-7-12(3)18-13(4)15-10-14(17)8-9-16(15)19/h8-13,18-19H,5-7H2,1-4H3. The zero-order chi connectivity index (χ0) is 14.4. The Bertz CT molecular complexity index is 392. The molecule has 2 unspecified atom stereocenters. The number of halogens is 1. The van der Waals surface area contributed by atoms with Crippen molar-refractivity contribution in [3.63, 3.8) is 0 Å². The van der Waals surface area contributed by atoms with Gasteiger partial charge in [0.25, 0.3) is 0 Å². The number of phenolic OH excluding ortho intramolecular Hbond substituents is 1. The molecule has 2 atom stereocenters. The van der Waals surface area contributed by atoms with E-state index in [1.807, 2.05) is 6.92 Å². The van der Waals surface area contributed by atoms with Gasteiger partial charge in [-0.05, 0) is 44.4 Å². The summed E-state index contributed by atoms with van der Waals surface area (Å²) in [5.41, 5.74) is 0.621. The fourth-order valence-electron chi connectivity index (χ4n) is 2.30. The molecular formula is C16H26FNO. The summed E-state index contributed by atoms with van der Waals surface area (Å²) in [6, 6.07) is 4.39. The van der Waals surface area contributed by atoms with E-state index < -0.39 is 0 Å². The Morgan fingerprint density at radius 3 is 2.47 bits per heavy atom. The van der Waals surface area contributed by atoms with Gasteiger partial charge in [-0.2, -0.15) is 0 Å². The van der Waals surface area contributed by atoms with Crippen LogP contribution in [0.3, 0.4) is 0 Å². The van der Waals surface area contributed by atoms with Crippen LogP contribution in [0.25, 0.3) is 0 Å². The molecule has 0 spiro atoms. The second-order valence-corrected chi connectivity index (χ2v) is 5.82. The lowest BCUT2D eigenvalue weighted by molar-refractivity contribution is 0.406. The lowest BCUT2D eigenvalue weighted by Crippen LogP contribution is -2.29. The van der Waals surface area contributed by atoms with Crippen molar-refractivity contribution in [1.29, 1.82) is 0 Å². The lowest BCUT2D eigenvalue weighted by atomic mass is 10.0. The van der Waals surface area contributed by atoms with Crippen molar-refractivity contribution in [2.45, 2.75) is 59.0 Å². The predicted molar refractivity (Wildman–Crippen MR) is 77.8 cm³/mol. The maximum atomic E-state index is 13.2. The molecule has 0 aliphatic rings. The second-order valence-electron chi connectivity index (χ2n) is 5.82. The minimum absolute atomic E-state index is 0.0512. The van der Waals surface area contributed by atoms with Crippen LogP contribution in [0.1, 0.15) is 58.6 Å². The molecule has 0 amide bonds. The van der Waals surface area contributed by atoms with Crippen molar-refractivity contribution in [2.24, 2.45) is 5.92 Å². The molecule has 0 aromatic heterocycles. The van der Waals surface area contributed by atoms with Crippen molar-refractivity contribution < 1.29 is 9.50 Å². The van der Waals surface area contributed by atoms with E-state index in [0.717, 1.165) is 12.3 Å². The van der Waals surface area contributed by atoms with Crippen LogP contribution in [-0.2, 0) is 0 Å². The summed E-state index contributed by atoms with van der Waals surface area (Å²) in [5.74, 6) is 0.571.